The van der Waals surface area contributed by atoms with Crippen molar-refractivity contribution in [2.24, 2.45) is 0 Å². The minimum absolute atomic E-state index is 0.155. The maximum absolute atomic E-state index is 11.1. The summed E-state index contributed by atoms with van der Waals surface area (Å²) in [5.41, 5.74) is 0.406. The lowest BCUT2D eigenvalue weighted by molar-refractivity contribution is 0.0693. The van der Waals surface area contributed by atoms with E-state index in [1.54, 1.807) is 6.07 Å². The molecule has 1 aromatic carbocycles. The van der Waals surface area contributed by atoms with Crippen LogP contribution in [0.15, 0.2) is 18.2 Å². The maximum Gasteiger partial charge on any atom is 0.339 e. The summed E-state index contributed by atoms with van der Waals surface area (Å²) in [5, 5.41) is 28.8. The van der Waals surface area contributed by atoms with Gasteiger partial charge >= 0.3 is 5.97 Å². The third-order valence-corrected chi connectivity index (χ3v) is 5.72. The molecule has 1 aromatic rings. The third kappa shape index (κ3) is 11.9. The summed E-state index contributed by atoms with van der Waals surface area (Å²) >= 11 is 0. The Kier molecular flexibility index (Phi) is 14.3. The van der Waals surface area contributed by atoms with Gasteiger partial charge in [-0.25, -0.2) is 4.79 Å². The second-order valence-electron chi connectivity index (χ2n) is 8.34. The molecule has 0 aliphatic heterocycles. The number of rotatable bonds is 18. The molecular weight excluding hydrogens is 364 g/mol. The molecule has 3 N–H and O–H groups in total. The first kappa shape index (κ1) is 25.5. The Morgan fingerprint density at radius 3 is 1.69 bits per heavy atom. The molecule has 0 saturated carbocycles. The van der Waals surface area contributed by atoms with Crippen molar-refractivity contribution in [2.45, 2.75) is 116 Å². The Morgan fingerprint density at radius 2 is 1.24 bits per heavy atom. The van der Waals surface area contributed by atoms with Gasteiger partial charge < -0.3 is 15.3 Å². The van der Waals surface area contributed by atoms with Crippen LogP contribution in [-0.4, -0.2) is 21.3 Å². The lowest BCUT2D eigenvalue weighted by atomic mass is 9.99. The van der Waals surface area contributed by atoms with E-state index in [-0.39, 0.29) is 11.3 Å². The molecule has 4 nitrogen and oxygen atoms in total. The highest BCUT2D eigenvalue weighted by atomic mass is 16.4. The van der Waals surface area contributed by atoms with Gasteiger partial charge in [0.15, 0.2) is 0 Å². The highest BCUT2D eigenvalue weighted by Crippen LogP contribution is 2.25. The quantitative estimate of drug-likeness (QED) is 0.222. The molecule has 0 saturated heterocycles. The van der Waals surface area contributed by atoms with Crippen molar-refractivity contribution in [3.8, 4) is 5.75 Å². The van der Waals surface area contributed by atoms with Crippen LogP contribution in [0.5, 0.6) is 5.75 Å². The molecule has 0 aliphatic carbocycles. The molecule has 1 unspecified atom stereocenters. The Morgan fingerprint density at radius 1 is 0.793 bits per heavy atom. The lowest BCUT2D eigenvalue weighted by Crippen LogP contribution is -2.02. The number of carbonyl (C=O) groups is 1. The number of carboxylic acid groups (broad SMARTS) is 1. The fourth-order valence-electron chi connectivity index (χ4n) is 3.81. The zero-order chi connectivity index (χ0) is 21.3. The average Bonchev–Trinajstić information content (AvgIpc) is 2.70. The highest BCUT2D eigenvalue weighted by molar-refractivity contribution is 5.90. The zero-order valence-electron chi connectivity index (χ0n) is 18.4. The van der Waals surface area contributed by atoms with Crippen molar-refractivity contribution in [1.29, 1.82) is 0 Å². The molecular formula is C25H42O4. The Labute approximate surface area is 177 Å². The van der Waals surface area contributed by atoms with Crippen molar-refractivity contribution in [3.63, 3.8) is 0 Å². The highest BCUT2D eigenvalue weighted by Gasteiger charge is 2.14. The molecule has 1 atom stereocenters. The number of carboxylic acids is 1. The molecule has 29 heavy (non-hydrogen) atoms. The van der Waals surface area contributed by atoms with Crippen LogP contribution in [-0.2, 0) is 0 Å². The number of unbranched alkanes of at least 4 members (excludes halogenated alkanes) is 14. The summed E-state index contributed by atoms with van der Waals surface area (Å²) < 4.78 is 0. The summed E-state index contributed by atoms with van der Waals surface area (Å²) in [7, 11) is 0. The second-order valence-corrected chi connectivity index (χ2v) is 8.34. The molecule has 0 fully saturated rings. The van der Waals surface area contributed by atoms with Crippen LogP contribution in [0.25, 0.3) is 0 Å². The molecule has 0 radical (unpaired) electrons. The molecule has 0 heterocycles. The van der Waals surface area contributed by atoms with Gasteiger partial charge in [-0.05, 0) is 24.1 Å². The lowest BCUT2D eigenvalue weighted by Gasteiger charge is -2.12. The van der Waals surface area contributed by atoms with Gasteiger partial charge in [-0.2, -0.15) is 0 Å². The van der Waals surface area contributed by atoms with E-state index in [2.05, 4.69) is 6.92 Å². The Hall–Kier alpha value is -1.55. The van der Waals surface area contributed by atoms with Gasteiger partial charge in [-0.1, -0.05) is 109 Å². The van der Waals surface area contributed by atoms with Crippen LogP contribution < -0.4 is 0 Å². The number of aliphatic hydroxyl groups is 1. The number of aromatic carboxylic acids is 1. The van der Waals surface area contributed by atoms with Crippen molar-refractivity contribution in [1.82, 2.24) is 0 Å². The van der Waals surface area contributed by atoms with Gasteiger partial charge in [0, 0.05) is 0 Å². The molecule has 0 aliphatic rings. The number of hydrogen-bond donors (Lipinski definition) is 3. The van der Waals surface area contributed by atoms with Crippen LogP contribution in [0.2, 0.25) is 0 Å². The van der Waals surface area contributed by atoms with E-state index < -0.39 is 12.1 Å². The third-order valence-electron chi connectivity index (χ3n) is 5.72. The Bertz CT molecular complexity index is 556. The van der Waals surface area contributed by atoms with E-state index in [1.807, 2.05) is 0 Å². The monoisotopic (exact) mass is 406 g/mol. The van der Waals surface area contributed by atoms with Crippen LogP contribution >= 0.6 is 0 Å². The fraction of sp³-hybridized carbons (Fsp3) is 0.720. The number of aliphatic hydroxyl groups excluding tert-OH is 1. The molecule has 0 spiro atoms. The second kappa shape index (κ2) is 16.3. The molecule has 166 valence electrons. The number of benzene rings is 1. The summed E-state index contributed by atoms with van der Waals surface area (Å²) in [5.74, 6) is -1.44. The normalized spacial score (nSPS) is 12.2. The van der Waals surface area contributed by atoms with Crippen molar-refractivity contribution < 1.29 is 20.1 Å². The summed E-state index contributed by atoms with van der Waals surface area (Å²) in [6, 6.07) is 4.31. The number of hydrogen-bond acceptors (Lipinski definition) is 3. The van der Waals surface area contributed by atoms with E-state index in [0.29, 0.717) is 12.0 Å². The van der Waals surface area contributed by atoms with Gasteiger partial charge in [0.1, 0.15) is 11.3 Å². The van der Waals surface area contributed by atoms with Gasteiger partial charge in [-0.3, -0.25) is 0 Å². The predicted molar refractivity (Wildman–Crippen MR) is 120 cm³/mol. The molecule has 4 heteroatoms. The van der Waals surface area contributed by atoms with E-state index in [4.69, 9.17) is 5.11 Å². The van der Waals surface area contributed by atoms with Gasteiger partial charge in [0.05, 0.1) is 6.10 Å². The summed E-state index contributed by atoms with van der Waals surface area (Å²) in [4.78, 5) is 11.1. The zero-order valence-corrected chi connectivity index (χ0v) is 18.4. The van der Waals surface area contributed by atoms with Crippen molar-refractivity contribution >= 4 is 5.97 Å². The van der Waals surface area contributed by atoms with Crippen LogP contribution in [0.3, 0.4) is 0 Å². The SMILES string of the molecule is CCCCCCCCCCCCCCCCCC(O)c1ccc(O)c(C(=O)O)c1. The smallest absolute Gasteiger partial charge is 0.339 e. The molecule has 0 bridgehead atoms. The maximum atomic E-state index is 11.1. The van der Waals surface area contributed by atoms with E-state index in [1.165, 1.54) is 95.6 Å². The van der Waals surface area contributed by atoms with Gasteiger partial charge in [0.25, 0.3) is 0 Å². The van der Waals surface area contributed by atoms with Crippen molar-refractivity contribution in [3.05, 3.63) is 29.3 Å². The first-order valence-corrected chi connectivity index (χ1v) is 11.8. The summed E-state index contributed by atoms with van der Waals surface area (Å²) in [6.07, 6.45) is 19.6. The first-order chi connectivity index (χ1) is 14.1. The average molecular weight is 407 g/mol. The van der Waals surface area contributed by atoms with E-state index in [9.17, 15) is 15.0 Å². The largest absolute Gasteiger partial charge is 0.507 e. The standard InChI is InChI=1S/C25H42O4/c1-2-3-4-5-6-7-8-9-10-11-12-13-14-15-16-17-23(26)21-18-19-24(27)22(20-21)25(28)29/h18-20,23,26-27H,2-17H2,1H3,(H,28,29). The molecule has 1 rings (SSSR count). The van der Waals surface area contributed by atoms with Crippen LogP contribution in [0, 0.1) is 0 Å². The fourth-order valence-corrected chi connectivity index (χ4v) is 3.81. The topological polar surface area (TPSA) is 77.8 Å². The summed E-state index contributed by atoms with van der Waals surface area (Å²) in [6.45, 7) is 2.26. The van der Waals surface area contributed by atoms with Gasteiger partial charge in [-0.15, -0.1) is 0 Å². The molecule has 0 aromatic heterocycles. The predicted octanol–water partition coefficient (Wildman–Crippen LogP) is 7.39. The first-order valence-electron chi connectivity index (χ1n) is 11.8. The van der Waals surface area contributed by atoms with E-state index >= 15 is 0 Å². The number of aromatic hydroxyl groups is 1. The number of phenols is 1. The van der Waals surface area contributed by atoms with Gasteiger partial charge in [0.2, 0.25) is 0 Å². The minimum atomic E-state index is -1.18. The van der Waals surface area contributed by atoms with E-state index in [0.717, 1.165) is 12.8 Å². The molecule has 0 amide bonds. The minimum Gasteiger partial charge on any atom is -0.507 e. The van der Waals surface area contributed by atoms with Crippen LogP contribution in [0.1, 0.15) is 132 Å². The van der Waals surface area contributed by atoms with Crippen molar-refractivity contribution in [2.75, 3.05) is 0 Å². The Balaban J connectivity index is 1.97. The van der Waals surface area contributed by atoms with Crippen LogP contribution in [0.4, 0.5) is 0 Å².